The lowest BCUT2D eigenvalue weighted by Crippen LogP contribution is -2.16. The Morgan fingerprint density at radius 1 is 1.38 bits per heavy atom. The van der Waals surface area contributed by atoms with Crippen LogP contribution in [0, 0.1) is 5.92 Å². The van der Waals surface area contributed by atoms with Crippen molar-refractivity contribution < 1.29 is 14.3 Å². The molecule has 0 radical (unpaired) electrons. The van der Waals surface area contributed by atoms with Crippen LogP contribution in [0.25, 0.3) is 6.08 Å². The van der Waals surface area contributed by atoms with E-state index < -0.39 is 0 Å². The summed E-state index contributed by atoms with van der Waals surface area (Å²) in [6, 6.07) is 5.66. The van der Waals surface area contributed by atoms with Gasteiger partial charge in [-0.15, -0.1) is 0 Å². The topological polar surface area (TPSA) is 65.4 Å². The number of ether oxygens (including phenoxy) is 2. The third-order valence-corrected chi connectivity index (χ3v) is 4.94. The highest BCUT2D eigenvalue weighted by Gasteiger charge is 2.30. The second kappa shape index (κ2) is 7.03. The molecule has 0 spiro atoms. The number of carbonyl (C=O) groups excluding carboxylic acids is 1. The quantitative estimate of drug-likeness (QED) is 0.806. The number of rotatable bonds is 5. The largest absolute Gasteiger partial charge is 0.486 e. The average molecular weight is 374 g/mol. The molecule has 6 nitrogen and oxygen atoms in total. The summed E-state index contributed by atoms with van der Waals surface area (Å²) in [6.45, 7) is 3.10. The molecule has 1 aliphatic carbocycles. The molecule has 1 atom stereocenters. The monoisotopic (exact) mass is 373 g/mol. The minimum absolute atomic E-state index is 0.222. The van der Waals surface area contributed by atoms with Crippen LogP contribution >= 0.6 is 11.6 Å². The first-order chi connectivity index (χ1) is 12.6. The summed E-state index contributed by atoms with van der Waals surface area (Å²) < 4.78 is 12.9. The molecule has 2 aromatic rings. The number of benzene rings is 1. The summed E-state index contributed by atoms with van der Waals surface area (Å²) in [5.74, 6) is 2.29. The Morgan fingerprint density at radius 3 is 3.00 bits per heavy atom. The van der Waals surface area contributed by atoms with Gasteiger partial charge >= 0.3 is 0 Å². The lowest BCUT2D eigenvalue weighted by Gasteiger charge is -2.19. The lowest BCUT2D eigenvalue weighted by atomic mass is 10.1. The molecule has 1 fully saturated rings. The molecule has 2 heterocycles. The zero-order valence-corrected chi connectivity index (χ0v) is 15.2. The van der Waals surface area contributed by atoms with Crippen LogP contribution in [-0.4, -0.2) is 28.9 Å². The summed E-state index contributed by atoms with van der Waals surface area (Å²) in [4.78, 5) is 12.3. The maximum Gasteiger partial charge on any atom is 0.249 e. The van der Waals surface area contributed by atoms with Gasteiger partial charge in [-0.3, -0.25) is 4.79 Å². The van der Waals surface area contributed by atoms with E-state index in [1.807, 2.05) is 16.8 Å². The molecule has 136 valence electrons. The van der Waals surface area contributed by atoms with E-state index in [0.717, 1.165) is 5.56 Å². The SMILES string of the molecule is CC(C1CC1)n1nccc1NC(=O)/C=C/c1cc(Cl)c2c(c1)OCCO2. The van der Waals surface area contributed by atoms with E-state index in [9.17, 15) is 4.79 Å². The van der Waals surface area contributed by atoms with Gasteiger partial charge in [-0.25, -0.2) is 4.68 Å². The Kier molecular flexibility index (Phi) is 4.59. The summed E-state index contributed by atoms with van der Waals surface area (Å²) in [7, 11) is 0. The molecule has 7 heteroatoms. The number of carbonyl (C=O) groups is 1. The highest BCUT2D eigenvalue weighted by Crippen LogP contribution is 2.40. The second-order valence-corrected chi connectivity index (χ2v) is 7.00. The molecule has 26 heavy (non-hydrogen) atoms. The third-order valence-electron chi connectivity index (χ3n) is 4.66. The van der Waals surface area contributed by atoms with Crippen molar-refractivity contribution in [2.24, 2.45) is 5.92 Å². The van der Waals surface area contributed by atoms with Crippen LogP contribution in [0.2, 0.25) is 5.02 Å². The van der Waals surface area contributed by atoms with Crippen molar-refractivity contribution in [2.45, 2.75) is 25.8 Å². The summed E-state index contributed by atoms with van der Waals surface area (Å²) in [5.41, 5.74) is 0.772. The summed E-state index contributed by atoms with van der Waals surface area (Å²) in [5, 5.41) is 7.70. The third kappa shape index (κ3) is 3.55. The van der Waals surface area contributed by atoms with E-state index in [1.54, 1.807) is 18.3 Å². The lowest BCUT2D eigenvalue weighted by molar-refractivity contribution is -0.111. The molecule has 1 aromatic heterocycles. The van der Waals surface area contributed by atoms with E-state index in [2.05, 4.69) is 17.3 Å². The van der Waals surface area contributed by atoms with Gasteiger partial charge in [0.15, 0.2) is 11.5 Å². The standard InChI is InChI=1S/C19H20ClN3O3/c1-12(14-3-4-14)23-17(6-7-21-23)22-18(24)5-2-13-10-15(20)19-16(11-13)25-8-9-26-19/h2,5-7,10-12,14H,3-4,8-9H2,1H3,(H,22,24)/b5-2+. The van der Waals surface area contributed by atoms with Crippen molar-refractivity contribution in [3.05, 3.63) is 41.1 Å². The van der Waals surface area contributed by atoms with Crippen LogP contribution in [0.15, 0.2) is 30.5 Å². The maximum atomic E-state index is 12.3. The molecular formula is C19H20ClN3O3. The van der Waals surface area contributed by atoms with Gasteiger partial charge in [0.2, 0.25) is 5.91 Å². The Hall–Kier alpha value is -2.47. The van der Waals surface area contributed by atoms with Gasteiger partial charge in [0.25, 0.3) is 0 Å². The Bertz CT molecular complexity index is 858. The molecule has 1 saturated carbocycles. The van der Waals surface area contributed by atoms with Crippen LogP contribution in [0.3, 0.4) is 0 Å². The van der Waals surface area contributed by atoms with Gasteiger partial charge in [0, 0.05) is 12.1 Å². The van der Waals surface area contributed by atoms with Gasteiger partial charge in [-0.05, 0) is 49.5 Å². The number of fused-ring (bicyclic) bond motifs is 1. The van der Waals surface area contributed by atoms with Gasteiger partial charge < -0.3 is 14.8 Å². The van der Waals surface area contributed by atoms with Crippen LogP contribution in [0.1, 0.15) is 31.4 Å². The number of hydrogen-bond donors (Lipinski definition) is 1. The molecule has 4 rings (SSSR count). The van der Waals surface area contributed by atoms with Crippen molar-refractivity contribution in [3.63, 3.8) is 0 Å². The van der Waals surface area contributed by atoms with Crippen LogP contribution in [0.4, 0.5) is 5.82 Å². The minimum atomic E-state index is -0.222. The van der Waals surface area contributed by atoms with Crippen molar-refractivity contribution in [2.75, 3.05) is 18.5 Å². The molecular weight excluding hydrogens is 354 g/mol. The fraction of sp³-hybridized carbons (Fsp3) is 0.368. The predicted octanol–water partition coefficient (Wildman–Crippen LogP) is 3.93. The highest BCUT2D eigenvalue weighted by molar-refractivity contribution is 6.32. The van der Waals surface area contributed by atoms with Gasteiger partial charge in [0.1, 0.15) is 19.0 Å². The van der Waals surface area contributed by atoms with Crippen molar-refractivity contribution in [1.29, 1.82) is 0 Å². The summed E-state index contributed by atoms with van der Waals surface area (Å²) >= 11 is 6.22. The Morgan fingerprint density at radius 2 is 2.19 bits per heavy atom. The fourth-order valence-corrected chi connectivity index (χ4v) is 3.36. The van der Waals surface area contributed by atoms with Crippen molar-refractivity contribution >= 4 is 29.4 Å². The van der Waals surface area contributed by atoms with Gasteiger partial charge in [-0.1, -0.05) is 11.6 Å². The number of anilines is 1. The van der Waals surface area contributed by atoms with E-state index >= 15 is 0 Å². The normalized spacial score (nSPS) is 17.3. The van der Waals surface area contributed by atoms with E-state index in [0.29, 0.717) is 47.5 Å². The fourth-order valence-electron chi connectivity index (χ4n) is 3.08. The molecule has 1 amide bonds. The molecule has 0 bridgehead atoms. The van der Waals surface area contributed by atoms with Crippen LogP contribution in [-0.2, 0) is 4.79 Å². The predicted molar refractivity (Wildman–Crippen MR) is 99.8 cm³/mol. The molecule has 1 N–H and O–H groups in total. The first-order valence-corrected chi connectivity index (χ1v) is 9.11. The molecule has 1 unspecified atom stereocenters. The first-order valence-electron chi connectivity index (χ1n) is 8.73. The van der Waals surface area contributed by atoms with Crippen molar-refractivity contribution in [3.8, 4) is 11.5 Å². The maximum absolute atomic E-state index is 12.3. The Balaban J connectivity index is 1.45. The van der Waals surface area contributed by atoms with E-state index in [4.69, 9.17) is 21.1 Å². The Labute approximate surface area is 156 Å². The summed E-state index contributed by atoms with van der Waals surface area (Å²) in [6.07, 6.45) is 7.32. The minimum Gasteiger partial charge on any atom is -0.486 e. The van der Waals surface area contributed by atoms with Gasteiger partial charge in [0.05, 0.1) is 17.3 Å². The number of aromatic nitrogens is 2. The molecule has 0 saturated heterocycles. The average Bonchev–Trinajstić information content (AvgIpc) is 3.39. The number of nitrogens with one attached hydrogen (secondary N) is 1. The number of nitrogens with zero attached hydrogens (tertiary/aromatic N) is 2. The number of hydrogen-bond acceptors (Lipinski definition) is 4. The molecule has 1 aromatic carbocycles. The van der Waals surface area contributed by atoms with Crippen LogP contribution in [0.5, 0.6) is 11.5 Å². The van der Waals surface area contributed by atoms with Gasteiger partial charge in [-0.2, -0.15) is 5.10 Å². The zero-order chi connectivity index (χ0) is 18.1. The first kappa shape index (κ1) is 17.0. The smallest absolute Gasteiger partial charge is 0.249 e. The number of amides is 1. The number of halogens is 1. The van der Waals surface area contributed by atoms with Crippen molar-refractivity contribution in [1.82, 2.24) is 9.78 Å². The zero-order valence-electron chi connectivity index (χ0n) is 14.4. The van der Waals surface area contributed by atoms with E-state index in [1.165, 1.54) is 18.9 Å². The molecule has 2 aliphatic rings. The highest BCUT2D eigenvalue weighted by atomic mass is 35.5. The van der Waals surface area contributed by atoms with Crippen LogP contribution < -0.4 is 14.8 Å². The molecule has 1 aliphatic heterocycles. The second-order valence-electron chi connectivity index (χ2n) is 6.59. The van der Waals surface area contributed by atoms with E-state index in [-0.39, 0.29) is 5.91 Å².